The van der Waals surface area contributed by atoms with Crippen molar-refractivity contribution in [3.63, 3.8) is 0 Å². The van der Waals surface area contributed by atoms with E-state index in [1.54, 1.807) is 0 Å². The van der Waals surface area contributed by atoms with Crippen LogP contribution in [0, 0.1) is 5.92 Å². The van der Waals surface area contributed by atoms with Crippen molar-refractivity contribution >= 4 is 5.69 Å². The fraction of sp³-hybridized carbons (Fsp3) is 0.706. The van der Waals surface area contributed by atoms with E-state index in [0.717, 1.165) is 18.8 Å². The third kappa shape index (κ3) is 4.80. The first-order chi connectivity index (χ1) is 9.87. The van der Waals surface area contributed by atoms with Crippen LogP contribution in [-0.4, -0.2) is 16.7 Å². The van der Waals surface area contributed by atoms with Crippen LogP contribution in [-0.2, 0) is 0 Å². The summed E-state index contributed by atoms with van der Waals surface area (Å²) >= 11 is 0. The first-order valence-corrected chi connectivity index (χ1v) is 7.99. The number of ether oxygens (including phenoxy) is 2. The fourth-order valence-electron chi connectivity index (χ4n) is 2.76. The highest BCUT2D eigenvalue weighted by Crippen LogP contribution is 2.31. The Balaban J connectivity index is 2.05. The number of pyridine rings is 1. The van der Waals surface area contributed by atoms with Gasteiger partial charge in [0.25, 0.3) is 0 Å². The number of hydrogen-bond donors (Lipinski definition) is 1. The third-order valence-corrected chi connectivity index (χ3v) is 3.87. The summed E-state index contributed by atoms with van der Waals surface area (Å²) in [5.74, 6) is 1.86. The molecule has 1 heterocycles. The zero-order chi connectivity index (χ0) is 15.5. The first-order valence-electron chi connectivity index (χ1n) is 7.99. The van der Waals surface area contributed by atoms with Gasteiger partial charge in [0.15, 0.2) is 0 Å². The summed E-state index contributed by atoms with van der Waals surface area (Å²) in [4.78, 5) is 4.43. The Morgan fingerprint density at radius 2 is 2.05 bits per heavy atom. The van der Waals surface area contributed by atoms with E-state index in [4.69, 9.17) is 15.2 Å². The average molecular weight is 292 g/mol. The lowest BCUT2D eigenvalue weighted by Gasteiger charge is -2.29. The smallest absolute Gasteiger partial charge is 0.241 e. The number of nitrogen functional groups attached to an aromatic ring is 1. The molecule has 118 valence electrons. The maximum absolute atomic E-state index is 6.05. The summed E-state index contributed by atoms with van der Waals surface area (Å²) in [7, 11) is 0. The van der Waals surface area contributed by atoms with E-state index in [1.807, 2.05) is 32.9 Å². The monoisotopic (exact) mass is 292 g/mol. The molecule has 1 fully saturated rings. The van der Waals surface area contributed by atoms with Crippen LogP contribution >= 0.6 is 0 Å². The molecule has 0 bridgehead atoms. The minimum absolute atomic E-state index is 0.266. The van der Waals surface area contributed by atoms with Gasteiger partial charge in [-0.25, -0.2) is 0 Å². The number of nitrogens with zero attached hydrogens (tertiary/aromatic N) is 1. The lowest BCUT2D eigenvalue weighted by molar-refractivity contribution is 0.107. The molecule has 0 radical (unpaired) electrons. The highest BCUT2D eigenvalue weighted by molar-refractivity contribution is 5.49. The second kappa shape index (κ2) is 6.54. The van der Waals surface area contributed by atoms with Gasteiger partial charge in [0.2, 0.25) is 11.8 Å². The zero-order valence-electron chi connectivity index (χ0n) is 13.7. The van der Waals surface area contributed by atoms with Crippen molar-refractivity contribution in [2.75, 3.05) is 5.73 Å². The summed E-state index contributed by atoms with van der Waals surface area (Å²) in [6.07, 6.45) is 6.29. The van der Waals surface area contributed by atoms with Crippen molar-refractivity contribution in [1.29, 1.82) is 0 Å². The Bertz CT molecular complexity index is 468. The molecule has 1 aromatic heterocycles. The summed E-state index contributed by atoms with van der Waals surface area (Å²) in [5, 5.41) is 0. The molecule has 0 amide bonds. The van der Waals surface area contributed by atoms with E-state index in [0.29, 0.717) is 17.4 Å². The molecule has 0 spiro atoms. The van der Waals surface area contributed by atoms with Crippen LogP contribution in [0.1, 0.15) is 59.8 Å². The zero-order valence-corrected chi connectivity index (χ0v) is 13.7. The lowest BCUT2D eigenvalue weighted by atomic mass is 9.85. The fourth-order valence-corrected chi connectivity index (χ4v) is 2.76. The first kappa shape index (κ1) is 15.9. The Morgan fingerprint density at radius 1 is 1.29 bits per heavy atom. The second-order valence-corrected chi connectivity index (χ2v) is 6.94. The SMILES string of the molecule is CCC1CCCC(Oc2ccc(N)c(OC(C)(C)C)n2)C1. The van der Waals surface area contributed by atoms with Crippen molar-refractivity contribution in [3.8, 4) is 11.8 Å². The molecular weight excluding hydrogens is 264 g/mol. The average Bonchev–Trinajstić information content (AvgIpc) is 2.41. The molecule has 2 unspecified atom stereocenters. The molecule has 0 aliphatic heterocycles. The molecule has 1 aromatic rings. The van der Waals surface area contributed by atoms with Crippen LogP contribution in [0.5, 0.6) is 11.8 Å². The Morgan fingerprint density at radius 3 is 2.71 bits per heavy atom. The summed E-state index contributed by atoms with van der Waals surface area (Å²) in [5.41, 5.74) is 6.16. The predicted molar refractivity (Wildman–Crippen MR) is 85.7 cm³/mol. The highest BCUT2D eigenvalue weighted by Gasteiger charge is 2.23. The van der Waals surface area contributed by atoms with Gasteiger partial charge in [0.1, 0.15) is 11.7 Å². The summed E-state index contributed by atoms with van der Waals surface area (Å²) in [6, 6.07) is 3.64. The van der Waals surface area contributed by atoms with Crippen molar-refractivity contribution in [3.05, 3.63) is 12.1 Å². The summed E-state index contributed by atoms with van der Waals surface area (Å²) < 4.78 is 11.8. The molecule has 21 heavy (non-hydrogen) atoms. The van der Waals surface area contributed by atoms with Gasteiger partial charge in [-0.2, -0.15) is 4.98 Å². The Labute approximate surface area is 128 Å². The van der Waals surface area contributed by atoms with Crippen LogP contribution in [0.25, 0.3) is 0 Å². The third-order valence-electron chi connectivity index (χ3n) is 3.87. The van der Waals surface area contributed by atoms with Gasteiger partial charge in [-0.05, 0) is 52.0 Å². The minimum Gasteiger partial charge on any atom is -0.474 e. The predicted octanol–water partition coefficient (Wildman–Crippen LogP) is 4.19. The molecule has 0 saturated heterocycles. The lowest BCUT2D eigenvalue weighted by Crippen LogP contribution is -2.26. The summed E-state index contributed by atoms with van der Waals surface area (Å²) in [6.45, 7) is 8.20. The van der Waals surface area contributed by atoms with E-state index in [2.05, 4.69) is 11.9 Å². The van der Waals surface area contributed by atoms with E-state index >= 15 is 0 Å². The molecule has 2 N–H and O–H groups in total. The van der Waals surface area contributed by atoms with Gasteiger partial charge in [-0.3, -0.25) is 0 Å². The van der Waals surface area contributed by atoms with Crippen LogP contribution in [0.3, 0.4) is 0 Å². The molecular formula is C17H28N2O2. The van der Waals surface area contributed by atoms with E-state index in [1.165, 1.54) is 19.3 Å². The van der Waals surface area contributed by atoms with Crippen LogP contribution < -0.4 is 15.2 Å². The number of anilines is 1. The molecule has 4 nitrogen and oxygen atoms in total. The number of rotatable bonds is 4. The Hall–Kier alpha value is -1.45. The van der Waals surface area contributed by atoms with Gasteiger partial charge >= 0.3 is 0 Å². The van der Waals surface area contributed by atoms with E-state index in [-0.39, 0.29) is 11.7 Å². The van der Waals surface area contributed by atoms with Crippen molar-refractivity contribution in [1.82, 2.24) is 4.98 Å². The van der Waals surface area contributed by atoms with Crippen molar-refractivity contribution in [2.45, 2.75) is 71.5 Å². The molecule has 2 atom stereocenters. The number of nitrogens with two attached hydrogens (primary N) is 1. The maximum Gasteiger partial charge on any atom is 0.241 e. The molecule has 4 heteroatoms. The maximum atomic E-state index is 6.05. The van der Waals surface area contributed by atoms with E-state index in [9.17, 15) is 0 Å². The molecule has 1 aliphatic carbocycles. The largest absolute Gasteiger partial charge is 0.474 e. The molecule has 1 saturated carbocycles. The van der Waals surface area contributed by atoms with Gasteiger partial charge < -0.3 is 15.2 Å². The minimum atomic E-state index is -0.322. The van der Waals surface area contributed by atoms with E-state index < -0.39 is 0 Å². The standard InChI is InChI=1S/C17H28N2O2/c1-5-12-7-6-8-13(11-12)20-15-10-9-14(18)16(19-15)21-17(2,3)4/h9-10,12-13H,5-8,11,18H2,1-4H3. The molecule has 2 rings (SSSR count). The highest BCUT2D eigenvalue weighted by atomic mass is 16.5. The van der Waals surface area contributed by atoms with Crippen LogP contribution in [0.15, 0.2) is 12.1 Å². The number of aromatic nitrogens is 1. The van der Waals surface area contributed by atoms with Gasteiger partial charge in [0, 0.05) is 6.07 Å². The van der Waals surface area contributed by atoms with Crippen molar-refractivity contribution in [2.24, 2.45) is 5.92 Å². The molecule has 1 aliphatic rings. The van der Waals surface area contributed by atoms with Gasteiger partial charge in [-0.1, -0.05) is 19.8 Å². The van der Waals surface area contributed by atoms with Gasteiger partial charge in [0.05, 0.1) is 5.69 Å². The topological polar surface area (TPSA) is 57.4 Å². The normalized spacial score (nSPS) is 22.9. The van der Waals surface area contributed by atoms with Crippen LogP contribution in [0.2, 0.25) is 0 Å². The van der Waals surface area contributed by atoms with Gasteiger partial charge in [-0.15, -0.1) is 0 Å². The van der Waals surface area contributed by atoms with Crippen LogP contribution in [0.4, 0.5) is 5.69 Å². The second-order valence-electron chi connectivity index (χ2n) is 6.94. The Kier molecular flexibility index (Phi) is 4.96. The molecule has 0 aromatic carbocycles. The number of hydrogen-bond acceptors (Lipinski definition) is 4. The van der Waals surface area contributed by atoms with Crippen molar-refractivity contribution < 1.29 is 9.47 Å². The quantitative estimate of drug-likeness (QED) is 0.904.